The predicted octanol–water partition coefficient (Wildman–Crippen LogP) is 4.29. The number of amides is 2. The molecule has 32 heavy (non-hydrogen) atoms. The number of fused-ring (bicyclic) bond motifs is 1. The third-order valence-corrected chi connectivity index (χ3v) is 7.79. The highest BCUT2D eigenvalue weighted by molar-refractivity contribution is 7.99. The highest BCUT2D eigenvalue weighted by Gasteiger charge is 2.27. The number of aromatic nitrogens is 3. The van der Waals surface area contributed by atoms with Crippen LogP contribution >= 0.6 is 23.1 Å². The summed E-state index contributed by atoms with van der Waals surface area (Å²) in [5.74, 6) is 0.864. The van der Waals surface area contributed by atoms with Gasteiger partial charge >= 0.3 is 0 Å². The standard InChI is InChI=1S/C23H27N5O2S2/c1-4-28-21(15-7-5-6-13(2)10-15)26-27-23(28)31-12-18(29)25-22-19(20(24)30)16-9-8-14(3)11-17(16)32-22/h5-7,10,14H,4,8-9,11-12H2,1-3H3,(H2,24,30)(H,25,29). The van der Waals surface area contributed by atoms with Gasteiger partial charge in [0.25, 0.3) is 5.91 Å². The zero-order chi connectivity index (χ0) is 22.8. The Hall–Kier alpha value is -2.65. The maximum absolute atomic E-state index is 12.7. The number of nitrogens with one attached hydrogen (secondary N) is 1. The molecule has 0 radical (unpaired) electrons. The quantitative estimate of drug-likeness (QED) is 0.503. The van der Waals surface area contributed by atoms with E-state index in [0.717, 1.165) is 46.7 Å². The average Bonchev–Trinajstić information content (AvgIpc) is 3.32. The second-order valence-electron chi connectivity index (χ2n) is 8.18. The molecule has 3 aromatic rings. The van der Waals surface area contributed by atoms with Gasteiger partial charge in [-0.15, -0.1) is 21.5 Å². The molecule has 0 spiro atoms. The normalized spacial score (nSPS) is 15.4. The van der Waals surface area contributed by atoms with Gasteiger partial charge in [0, 0.05) is 17.0 Å². The van der Waals surface area contributed by atoms with Crippen LogP contribution in [0.1, 0.15) is 46.6 Å². The minimum Gasteiger partial charge on any atom is -0.365 e. The summed E-state index contributed by atoms with van der Waals surface area (Å²) < 4.78 is 2.01. The molecule has 0 aliphatic heterocycles. The maximum Gasteiger partial charge on any atom is 0.251 e. The number of nitrogens with two attached hydrogens (primary N) is 1. The summed E-state index contributed by atoms with van der Waals surface area (Å²) in [6, 6.07) is 8.12. The first kappa shape index (κ1) is 22.5. The first-order chi connectivity index (χ1) is 15.4. The van der Waals surface area contributed by atoms with Crippen molar-refractivity contribution in [2.75, 3.05) is 11.1 Å². The Morgan fingerprint density at radius 1 is 1.34 bits per heavy atom. The summed E-state index contributed by atoms with van der Waals surface area (Å²) in [5.41, 5.74) is 9.30. The number of carbonyl (C=O) groups is 2. The number of thioether (sulfide) groups is 1. The fourth-order valence-corrected chi connectivity index (χ4v) is 6.31. The number of carbonyl (C=O) groups excluding carboxylic acids is 2. The van der Waals surface area contributed by atoms with Crippen LogP contribution in [-0.4, -0.2) is 32.3 Å². The summed E-state index contributed by atoms with van der Waals surface area (Å²) >= 11 is 2.81. The maximum atomic E-state index is 12.7. The van der Waals surface area contributed by atoms with Crippen molar-refractivity contribution in [1.82, 2.24) is 14.8 Å². The Labute approximate surface area is 195 Å². The average molecular weight is 470 g/mol. The molecule has 7 nitrogen and oxygen atoms in total. The molecule has 168 valence electrons. The summed E-state index contributed by atoms with van der Waals surface area (Å²) in [7, 11) is 0. The van der Waals surface area contributed by atoms with Crippen molar-refractivity contribution in [2.24, 2.45) is 11.7 Å². The molecule has 1 aliphatic rings. The molecule has 0 bridgehead atoms. The van der Waals surface area contributed by atoms with Gasteiger partial charge in [0.15, 0.2) is 11.0 Å². The van der Waals surface area contributed by atoms with Crippen LogP contribution < -0.4 is 11.1 Å². The van der Waals surface area contributed by atoms with Crippen molar-refractivity contribution in [3.05, 3.63) is 45.8 Å². The van der Waals surface area contributed by atoms with E-state index in [0.29, 0.717) is 28.2 Å². The van der Waals surface area contributed by atoms with Crippen LogP contribution in [0.2, 0.25) is 0 Å². The van der Waals surface area contributed by atoms with E-state index in [1.165, 1.54) is 23.1 Å². The molecule has 3 N–H and O–H groups in total. The molecular formula is C23H27N5O2S2. The lowest BCUT2D eigenvalue weighted by molar-refractivity contribution is -0.113. The second-order valence-corrected chi connectivity index (χ2v) is 10.2. The van der Waals surface area contributed by atoms with Gasteiger partial charge in [0.05, 0.1) is 11.3 Å². The van der Waals surface area contributed by atoms with Gasteiger partial charge < -0.3 is 15.6 Å². The third-order valence-electron chi connectivity index (χ3n) is 5.65. The Kier molecular flexibility index (Phi) is 6.66. The monoisotopic (exact) mass is 469 g/mol. The molecule has 0 saturated carbocycles. The van der Waals surface area contributed by atoms with Gasteiger partial charge in [-0.05, 0) is 50.7 Å². The van der Waals surface area contributed by atoms with Crippen LogP contribution in [0.25, 0.3) is 11.4 Å². The molecule has 2 heterocycles. The van der Waals surface area contributed by atoms with Crippen LogP contribution in [-0.2, 0) is 24.2 Å². The lowest BCUT2D eigenvalue weighted by Crippen LogP contribution is -2.20. The predicted molar refractivity (Wildman–Crippen MR) is 129 cm³/mol. The molecule has 1 unspecified atom stereocenters. The van der Waals surface area contributed by atoms with Crippen LogP contribution in [0.3, 0.4) is 0 Å². The largest absolute Gasteiger partial charge is 0.365 e. The van der Waals surface area contributed by atoms with Gasteiger partial charge in [-0.3, -0.25) is 9.59 Å². The van der Waals surface area contributed by atoms with E-state index in [9.17, 15) is 9.59 Å². The van der Waals surface area contributed by atoms with Crippen LogP contribution in [0.5, 0.6) is 0 Å². The van der Waals surface area contributed by atoms with E-state index in [-0.39, 0.29) is 11.7 Å². The van der Waals surface area contributed by atoms with E-state index in [1.54, 1.807) is 0 Å². The molecule has 1 aliphatic carbocycles. The van der Waals surface area contributed by atoms with E-state index in [1.807, 2.05) is 36.6 Å². The van der Waals surface area contributed by atoms with Gasteiger partial charge in [0.1, 0.15) is 5.00 Å². The highest BCUT2D eigenvalue weighted by Crippen LogP contribution is 2.39. The fourth-order valence-electron chi connectivity index (χ4n) is 4.07. The van der Waals surface area contributed by atoms with Gasteiger partial charge in [-0.25, -0.2) is 0 Å². The van der Waals surface area contributed by atoms with E-state index in [4.69, 9.17) is 5.73 Å². The number of nitrogens with zero attached hydrogens (tertiary/aromatic N) is 3. The molecule has 2 amide bonds. The summed E-state index contributed by atoms with van der Waals surface area (Å²) in [5, 5.41) is 12.8. The van der Waals surface area contributed by atoms with Crippen molar-refractivity contribution in [3.8, 4) is 11.4 Å². The van der Waals surface area contributed by atoms with Crippen molar-refractivity contribution in [1.29, 1.82) is 0 Å². The van der Waals surface area contributed by atoms with Crippen molar-refractivity contribution in [2.45, 2.75) is 51.7 Å². The van der Waals surface area contributed by atoms with Crippen molar-refractivity contribution >= 4 is 39.9 Å². The highest BCUT2D eigenvalue weighted by atomic mass is 32.2. The first-order valence-electron chi connectivity index (χ1n) is 10.7. The molecule has 0 saturated heterocycles. The topological polar surface area (TPSA) is 103 Å². The van der Waals surface area contributed by atoms with Crippen molar-refractivity contribution < 1.29 is 9.59 Å². The van der Waals surface area contributed by atoms with Crippen LogP contribution in [0.4, 0.5) is 5.00 Å². The number of aryl methyl sites for hydroxylation is 1. The SMILES string of the molecule is CCn1c(SCC(=O)Nc2sc3c(c2C(N)=O)CCC(C)C3)nnc1-c1cccc(C)c1. The van der Waals surface area contributed by atoms with E-state index >= 15 is 0 Å². The van der Waals surface area contributed by atoms with Gasteiger partial charge in [0.2, 0.25) is 5.91 Å². The number of anilines is 1. The Morgan fingerprint density at radius 3 is 2.88 bits per heavy atom. The number of hydrogen-bond donors (Lipinski definition) is 2. The van der Waals surface area contributed by atoms with Crippen molar-refractivity contribution in [3.63, 3.8) is 0 Å². The van der Waals surface area contributed by atoms with Crippen LogP contribution in [0, 0.1) is 12.8 Å². The number of primary amides is 1. The molecule has 2 aromatic heterocycles. The van der Waals surface area contributed by atoms with Crippen LogP contribution in [0.15, 0.2) is 29.4 Å². The minimum absolute atomic E-state index is 0.170. The van der Waals surface area contributed by atoms with E-state index in [2.05, 4.69) is 28.5 Å². The number of benzene rings is 1. The zero-order valence-electron chi connectivity index (χ0n) is 18.5. The molecule has 9 heteroatoms. The summed E-state index contributed by atoms with van der Waals surface area (Å²) in [6.07, 6.45) is 2.78. The number of thiophene rings is 1. The number of rotatable bonds is 7. The first-order valence-corrected chi connectivity index (χ1v) is 12.5. The smallest absolute Gasteiger partial charge is 0.251 e. The Morgan fingerprint density at radius 2 is 2.16 bits per heavy atom. The zero-order valence-corrected chi connectivity index (χ0v) is 20.1. The molecule has 0 fully saturated rings. The molecule has 1 aromatic carbocycles. The Bertz CT molecular complexity index is 1170. The lowest BCUT2D eigenvalue weighted by atomic mass is 9.88. The molecule has 1 atom stereocenters. The lowest BCUT2D eigenvalue weighted by Gasteiger charge is -2.18. The fraction of sp³-hybridized carbons (Fsp3) is 0.391. The van der Waals surface area contributed by atoms with Gasteiger partial charge in [-0.1, -0.05) is 42.4 Å². The van der Waals surface area contributed by atoms with Gasteiger partial charge in [-0.2, -0.15) is 0 Å². The molecule has 4 rings (SSSR count). The minimum atomic E-state index is -0.478. The molecular weight excluding hydrogens is 442 g/mol. The van der Waals surface area contributed by atoms with E-state index < -0.39 is 5.91 Å². The second kappa shape index (κ2) is 9.46. The number of hydrogen-bond acceptors (Lipinski definition) is 6. The Balaban J connectivity index is 1.48. The summed E-state index contributed by atoms with van der Waals surface area (Å²) in [4.78, 5) is 26.0. The summed E-state index contributed by atoms with van der Waals surface area (Å²) in [6.45, 7) is 6.97. The third kappa shape index (κ3) is 4.59.